The van der Waals surface area contributed by atoms with Gasteiger partial charge in [-0.05, 0) is 32.0 Å². The van der Waals surface area contributed by atoms with E-state index in [4.69, 9.17) is 10.00 Å². The van der Waals surface area contributed by atoms with Crippen LogP contribution < -0.4 is 10.2 Å². The first kappa shape index (κ1) is 24.2. The maximum Gasteiger partial charge on any atom is 0.417 e. The summed E-state index contributed by atoms with van der Waals surface area (Å²) in [6.07, 6.45) is -5.88. The van der Waals surface area contributed by atoms with Crippen LogP contribution in [0.2, 0.25) is 0 Å². The van der Waals surface area contributed by atoms with Crippen LogP contribution in [0.5, 0.6) is 0 Å². The maximum atomic E-state index is 13.5. The Bertz CT molecular complexity index is 1180. The van der Waals surface area contributed by atoms with Gasteiger partial charge >= 0.3 is 12.3 Å². The van der Waals surface area contributed by atoms with Crippen molar-refractivity contribution in [1.82, 2.24) is 15.3 Å². The van der Waals surface area contributed by atoms with Crippen LogP contribution in [0.15, 0.2) is 41.4 Å². The van der Waals surface area contributed by atoms with Gasteiger partial charge in [0, 0.05) is 25.2 Å². The Morgan fingerprint density at radius 3 is 2.64 bits per heavy atom. The smallest absolute Gasteiger partial charge is 0.417 e. The van der Waals surface area contributed by atoms with Gasteiger partial charge in [-0.15, -0.1) is 0 Å². The summed E-state index contributed by atoms with van der Waals surface area (Å²) in [5.41, 5.74) is -1.27. The molecule has 2 heterocycles. The SMILES string of the molecule is CC(C)NC(=O)O[C@H]1C[C@H](S(=O)(=O)c2ccccc2C(F)(F)F)CN1c1ccnc(C#N)n1. The molecule has 9 nitrogen and oxygen atoms in total. The van der Waals surface area contributed by atoms with E-state index < -0.39 is 44.0 Å². The summed E-state index contributed by atoms with van der Waals surface area (Å²) in [4.78, 5) is 20.4. The number of amides is 1. The first-order valence-corrected chi connectivity index (χ1v) is 11.3. The molecule has 0 unspecified atom stereocenters. The summed E-state index contributed by atoms with van der Waals surface area (Å²) >= 11 is 0. The monoisotopic (exact) mass is 483 g/mol. The number of sulfone groups is 1. The van der Waals surface area contributed by atoms with Crippen LogP contribution in [0.3, 0.4) is 0 Å². The number of rotatable bonds is 5. The summed E-state index contributed by atoms with van der Waals surface area (Å²) < 4.78 is 72.2. The van der Waals surface area contributed by atoms with Crippen molar-refractivity contribution in [2.75, 3.05) is 11.4 Å². The van der Waals surface area contributed by atoms with E-state index in [9.17, 15) is 26.4 Å². The van der Waals surface area contributed by atoms with Gasteiger partial charge in [-0.3, -0.25) is 0 Å². The number of halogens is 3. The lowest BCUT2D eigenvalue weighted by Crippen LogP contribution is -2.39. The van der Waals surface area contributed by atoms with Gasteiger partial charge in [0.1, 0.15) is 11.9 Å². The second-order valence-electron chi connectivity index (χ2n) is 7.56. The molecule has 1 aromatic carbocycles. The van der Waals surface area contributed by atoms with Crippen molar-refractivity contribution >= 4 is 21.7 Å². The number of aromatic nitrogens is 2. The standard InChI is InChI=1S/C20H20F3N5O4S/c1-12(2)26-19(29)32-18-9-13(11-28(18)17-7-8-25-16(10-24)27-17)33(30,31)15-6-4-3-5-14(15)20(21,22)23/h3-8,12-13,18H,9,11H2,1-2H3,(H,26,29)/t13-,18-/m0/s1. The third kappa shape index (κ3) is 5.33. The largest absolute Gasteiger partial charge is 0.425 e. The molecule has 0 saturated carbocycles. The quantitative estimate of drug-likeness (QED) is 0.688. The summed E-state index contributed by atoms with van der Waals surface area (Å²) in [6.45, 7) is 3.08. The molecule has 33 heavy (non-hydrogen) atoms. The van der Waals surface area contributed by atoms with Crippen molar-refractivity contribution in [3.63, 3.8) is 0 Å². The molecule has 0 bridgehead atoms. The van der Waals surface area contributed by atoms with Gasteiger partial charge in [0.05, 0.1) is 15.7 Å². The molecule has 1 aliphatic heterocycles. The number of alkyl carbamates (subject to hydrolysis) is 1. The van der Waals surface area contributed by atoms with Crippen LogP contribution in [0, 0.1) is 11.3 Å². The van der Waals surface area contributed by atoms with Gasteiger partial charge in [0.25, 0.3) is 0 Å². The molecule has 3 rings (SSSR count). The van der Waals surface area contributed by atoms with E-state index in [0.717, 1.165) is 12.1 Å². The predicted molar refractivity (Wildman–Crippen MR) is 110 cm³/mol. The van der Waals surface area contributed by atoms with Gasteiger partial charge in [-0.2, -0.15) is 18.4 Å². The molecule has 0 radical (unpaired) electrons. The zero-order chi connectivity index (χ0) is 24.4. The number of hydrogen-bond donors (Lipinski definition) is 1. The van der Waals surface area contributed by atoms with E-state index in [1.165, 1.54) is 23.2 Å². The number of ether oxygens (including phenoxy) is 1. The molecule has 2 atom stereocenters. The molecule has 1 fully saturated rings. The van der Waals surface area contributed by atoms with Crippen LogP contribution in [0.1, 0.15) is 31.7 Å². The van der Waals surface area contributed by atoms with Crippen LogP contribution >= 0.6 is 0 Å². The van der Waals surface area contributed by atoms with Gasteiger partial charge < -0.3 is 15.0 Å². The highest BCUT2D eigenvalue weighted by molar-refractivity contribution is 7.92. The van der Waals surface area contributed by atoms with E-state index in [0.29, 0.717) is 6.07 Å². The lowest BCUT2D eigenvalue weighted by atomic mass is 10.2. The van der Waals surface area contributed by atoms with Crippen molar-refractivity contribution in [3.8, 4) is 6.07 Å². The minimum absolute atomic E-state index is 0.103. The van der Waals surface area contributed by atoms with Gasteiger partial charge in [0.15, 0.2) is 16.1 Å². The molecule has 176 valence electrons. The van der Waals surface area contributed by atoms with Gasteiger partial charge in [-0.1, -0.05) is 12.1 Å². The van der Waals surface area contributed by atoms with E-state index in [1.807, 2.05) is 0 Å². The first-order valence-electron chi connectivity index (χ1n) is 9.80. The zero-order valence-corrected chi connectivity index (χ0v) is 18.4. The maximum absolute atomic E-state index is 13.5. The summed E-state index contributed by atoms with van der Waals surface area (Å²) in [5.74, 6) is -0.0997. The molecule has 2 aromatic rings. The number of nitrogens with one attached hydrogen (secondary N) is 1. The molecule has 1 N–H and O–H groups in total. The van der Waals surface area contributed by atoms with Crippen LogP contribution in [0.25, 0.3) is 0 Å². The zero-order valence-electron chi connectivity index (χ0n) is 17.6. The number of benzene rings is 1. The predicted octanol–water partition coefficient (Wildman–Crippen LogP) is 2.88. The number of hydrogen-bond acceptors (Lipinski definition) is 8. The van der Waals surface area contributed by atoms with Gasteiger partial charge in [-0.25, -0.2) is 23.2 Å². The molecule has 1 saturated heterocycles. The van der Waals surface area contributed by atoms with E-state index in [1.54, 1.807) is 19.9 Å². The highest BCUT2D eigenvalue weighted by Crippen LogP contribution is 2.38. The number of carbonyl (C=O) groups excluding carboxylic acids is 1. The number of alkyl halides is 3. The highest BCUT2D eigenvalue weighted by atomic mass is 32.2. The highest BCUT2D eigenvalue weighted by Gasteiger charge is 2.46. The Kier molecular flexibility index (Phi) is 6.78. The molecule has 1 aliphatic rings. The molecular weight excluding hydrogens is 463 g/mol. The van der Waals surface area contributed by atoms with Gasteiger partial charge in [0.2, 0.25) is 5.82 Å². The normalized spacial score (nSPS) is 18.8. The van der Waals surface area contributed by atoms with Crippen molar-refractivity contribution < 1.29 is 31.1 Å². The van der Waals surface area contributed by atoms with E-state index in [2.05, 4.69) is 15.3 Å². The molecular formula is C20H20F3N5O4S. The molecule has 0 spiro atoms. The fourth-order valence-corrected chi connectivity index (χ4v) is 5.32. The molecule has 0 aliphatic carbocycles. The minimum atomic E-state index is -4.87. The summed E-state index contributed by atoms with van der Waals surface area (Å²) in [5, 5.41) is 10.2. The minimum Gasteiger partial charge on any atom is -0.425 e. The number of anilines is 1. The first-order chi connectivity index (χ1) is 15.4. The average Bonchev–Trinajstić information content (AvgIpc) is 3.17. The lowest BCUT2D eigenvalue weighted by Gasteiger charge is -2.25. The Hall–Kier alpha value is -3.40. The van der Waals surface area contributed by atoms with E-state index in [-0.39, 0.29) is 30.6 Å². The Morgan fingerprint density at radius 1 is 1.30 bits per heavy atom. The average molecular weight is 483 g/mol. The lowest BCUT2D eigenvalue weighted by molar-refractivity contribution is -0.139. The van der Waals surface area contributed by atoms with Crippen molar-refractivity contribution in [2.45, 2.75) is 48.9 Å². The molecule has 1 aromatic heterocycles. The number of carbonyl (C=O) groups is 1. The number of nitrogens with zero attached hydrogens (tertiary/aromatic N) is 4. The fourth-order valence-electron chi connectivity index (χ4n) is 3.43. The fraction of sp³-hybridized carbons (Fsp3) is 0.400. The second kappa shape index (κ2) is 9.22. The van der Waals surface area contributed by atoms with Crippen molar-refractivity contribution in [3.05, 3.63) is 47.9 Å². The Morgan fingerprint density at radius 2 is 2.00 bits per heavy atom. The topological polar surface area (TPSA) is 125 Å². The third-order valence-electron chi connectivity index (χ3n) is 4.84. The summed E-state index contributed by atoms with van der Waals surface area (Å²) in [6, 6.07) is 6.79. The third-order valence-corrected chi connectivity index (χ3v) is 7.02. The molecule has 13 heteroatoms. The number of nitriles is 1. The Labute approximate surface area is 188 Å². The van der Waals surface area contributed by atoms with Crippen LogP contribution in [-0.4, -0.2) is 48.5 Å². The van der Waals surface area contributed by atoms with Crippen LogP contribution in [0.4, 0.5) is 23.8 Å². The Balaban J connectivity index is 1.99. The molecule has 1 amide bonds. The van der Waals surface area contributed by atoms with E-state index >= 15 is 0 Å². The second-order valence-corrected chi connectivity index (χ2v) is 9.75. The van der Waals surface area contributed by atoms with Crippen molar-refractivity contribution in [1.29, 1.82) is 5.26 Å². The van der Waals surface area contributed by atoms with Crippen molar-refractivity contribution in [2.24, 2.45) is 0 Å². The summed E-state index contributed by atoms with van der Waals surface area (Å²) in [7, 11) is -4.48. The van der Waals surface area contributed by atoms with Crippen LogP contribution in [-0.2, 0) is 20.8 Å².